The lowest BCUT2D eigenvalue weighted by atomic mass is 10.0. The van der Waals surface area contributed by atoms with Gasteiger partial charge in [-0.05, 0) is 30.5 Å². The lowest BCUT2D eigenvalue weighted by Crippen LogP contribution is -2.30. The molecular formula is C19H29NO3. The van der Waals surface area contributed by atoms with E-state index in [-0.39, 0.29) is 6.10 Å². The molecule has 1 aliphatic rings. The second kappa shape index (κ2) is 9.56. The van der Waals surface area contributed by atoms with Gasteiger partial charge >= 0.3 is 5.97 Å². The van der Waals surface area contributed by atoms with Crippen LogP contribution in [0.5, 0.6) is 5.75 Å². The first kappa shape index (κ1) is 17.8. The van der Waals surface area contributed by atoms with Crippen LogP contribution in [0.15, 0.2) is 24.3 Å². The van der Waals surface area contributed by atoms with E-state index in [1.165, 1.54) is 44.1 Å². The summed E-state index contributed by atoms with van der Waals surface area (Å²) in [7, 11) is 0. The Labute approximate surface area is 139 Å². The van der Waals surface area contributed by atoms with Gasteiger partial charge in [-0.1, -0.05) is 51.2 Å². The second-order valence-electron chi connectivity index (χ2n) is 6.44. The highest BCUT2D eigenvalue weighted by atomic mass is 16.5. The molecule has 128 valence electrons. The number of hydrogen-bond acceptors (Lipinski definition) is 3. The molecule has 1 aliphatic heterocycles. The fraction of sp³-hybridized carbons (Fsp3) is 0.632. The lowest BCUT2D eigenvalue weighted by Gasteiger charge is -2.13. The van der Waals surface area contributed by atoms with Crippen LogP contribution < -0.4 is 10.1 Å². The van der Waals surface area contributed by atoms with Crippen molar-refractivity contribution in [3.63, 3.8) is 0 Å². The Morgan fingerprint density at radius 3 is 2.52 bits per heavy atom. The van der Waals surface area contributed by atoms with Gasteiger partial charge in [-0.15, -0.1) is 0 Å². The number of hydrogen-bond donors (Lipinski definition) is 2. The maximum atomic E-state index is 10.9. The average Bonchev–Trinajstić information content (AvgIpc) is 3.01. The number of nitrogens with one attached hydrogen (secondary N) is 1. The normalized spacial score (nSPS) is 20.6. The molecule has 4 nitrogen and oxygen atoms in total. The van der Waals surface area contributed by atoms with Crippen molar-refractivity contribution in [3.05, 3.63) is 29.8 Å². The molecule has 1 heterocycles. The van der Waals surface area contributed by atoms with E-state index in [9.17, 15) is 4.79 Å². The largest absolute Gasteiger partial charge is 0.489 e. The number of aryl methyl sites for hydroxylation is 1. The Morgan fingerprint density at radius 2 is 1.87 bits per heavy atom. The molecule has 4 heteroatoms. The molecule has 0 aromatic heterocycles. The molecule has 1 unspecified atom stereocenters. The third kappa shape index (κ3) is 6.22. The standard InChI is InChI=1S/C19H29NO3/c1-2-3-4-5-6-7-8-15-9-11-16(12-10-15)23-17-13-18(19(21)22)20-14-17/h9-12,17-18,20H,2-8,13-14H2,1H3,(H,21,22)/t17-,18?/m1/s1. The molecule has 2 atom stereocenters. The van der Waals surface area contributed by atoms with Crippen LogP contribution in [0.1, 0.15) is 57.4 Å². The maximum Gasteiger partial charge on any atom is 0.320 e. The summed E-state index contributed by atoms with van der Waals surface area (Å²) in [6.07, 6.45) is 9.49. The van der Waals surface area contributed by atoms with E-state index in [4.69, 9.17) is 9.84 Å². The van der Waals surface area contributed by atoms with E-state index in [1.54, 1.807) is 0 Å². The van der Waals surface area contributed by atoms with Crippen LogP contribution in [0.2, 0.25) is 0 Å². The van der Waals surface area contributed by atoms with E-state index < -0.39 is 12.0 Å². The van der Waals surface area contributed by atoms with Crippen molar-refractivity contribution in [1.29, 1.82) is 0 Å². The van der Waals surface area contributed by atoms with E-state index in [2.05, 4.69) is 24.4 Å². The number of carboxylic acids is 1. The summed E-state index contributed by atoms with van der Waals surface area (Å²) in [6, 6.07) is 7.77. The highest BCUT2D eigenvalue weighted by Gasteiger charge is 2.30. The summed E-state index contributed by atoms with van der Waals surface area (Å²) in [5.74, 6) is 0.0277. The van der Waals surface area contributed by atoms with Crippen LogP contribution in [0.25, 0.3) is 0 Å². The summed E-state index contributed by atoms with van der Waals surface area (Å²) in [4.78, 5) is 10.9. The van der Waals surface area contributed by atoms with Crippen molar-refractivity contribution in [1.82, 2.24) is 5.32 Å². The molecule has 0 spiro atoms. The Balaban J connectivity index is 1.67. The molecule has 0 saturated carbocycles. The van der Waals surface area contributed by atoms with Gasteiger partial charge in [0.05, 0.1) is 0 Å². The minimum Gasteiger partial charge on any atom is -0.489 e. The smallest absolute Gasteiger partial charge is 0.320 e. The first-order valence-electron chi connectivity index (χ1n) is 8.91. The zero-order valence-corrected chi connectivity index (χ0v) is 14.1. The zero-order valence-electron chi connectivity index (χ0n) is 14.1. The van der Waals surface area contributed by atoms with E-state index in [1.807, 2.05) is 12.1 Å². The number of carbonyl (C=O) groups is 1. The summed E-state index contributed by atoms with van der Waals surface area (Å²) in [6.45, 7) is 2.84. The summed E-state index contributed by atoms with van der Waals surface area (Å²) < 4.78 is 5.85. The number of benzene rings is 1. The minimum atomic E-state index is -0.801. The second-order valence-corrected chi connectivity index (χ2v) is 6.44. The number of carboxylic acid groups (broad SMARTS) is 1. The highest BCUT2D eigenvalue weighted by Crippen LogP contribution is 2.19. The predicted octanol–water partition coefficient (Wildman–Crippen LogP) is 3.78. The van der Waals surface area contributed by atoms with Gasteiger partial charge in [-0.2, -0.15) is 0 Å². The van der Waals surface area contributed by atoms with Gasteiger partial charge < -0.3 is 15.2 Å². The van der Waals surface area contributed by atoms with Gasteiger partial charge in [-0.25, -0.2) is 0 Å². The van der Waals surface area contributed by atoms with Gasteiger partial charge in [0, 0.05) is 13.0 Å². The van der Waals surface area contributed by atoms with Crippen molar-refractivity contribution in [2.75, 3.05) is 6.54 Å². The van der Waals surface area contributed by atoms with Gasteiger partial charge in [-0.3, -0.25) is 4.79 Å². The highest BCUT2D eigenvalue weighted by molar-refractivity contribution is 5.73. The number of aliphatic carboxylic acids is 1. The van der Waals surface area contributed by atoms with Gasteiger partial charge in [0.1, 0.15) is 17.9 Å². The third-order valence-corrected chi connectivity index (χ3v) is 4.43. The predicted molar refractivity (Wildman–Crippen MR) is 92.0 cm³/mol. The summed E-state index contributed by atoms with van der Waals surface area (Å²) >= 11 is 0. The lowest BCUT2D eigenvalue weighted by molar-refractivity contribution is -0.139. The van der Waals surface area contributed by atoms with E-state index in [0.717, 1.165) is 12.2 Å². The van der Waals surface area contributed by atoms with Crippen LogP contribution in [0.3, 0.4) is 0 Å². The molecule has 0 aliphatic carbocycles. The molecule has 1 aromatic rings. The third-order valence-electron chi connectivity index (χ3n) is 4.43. The maximum absolute atomic E-state index is 10.9. The van der Waals surface area contributed by atoms with Crippen molar-refractivity contribution in [2.45, 2.75) is 70.4 Å². The van der Waals surface area contributed by atoms with E-state index >= 15 is 0 Å². The topological polar surface area (TPSA) is 58.6 Å². The van der Waals surface area contributed by atoms with Crippen LogP contribution in [-0.4, -0.2) is 29.8 Å². The molecule has 2 N–H and O–H groups in total. The number of unbranched alkanes of at least 4 members (excludes halogenated alkanes) is 5. The van der Waals surface area contributed by atoms with Crippen LogP contribution in [-0.2, 0) is 11.2 Å². The SMILES string of the molecule is CCCCCCCCc1ccc(O[C@H]2CNC(C(=O)O)C2)cc1. The molecular weight excluding hydrogens is 290 g/mol. The fourth-order valence-electron chi connectivity index (χ4n) is 3.02. The Bertz CT molecular complexity index is 472. The number of rotatable bonds is 10. The summed E-state index contributed by atoms with van der Waals surface area (Å²) in [5, 5.41) is 11.9. The molecule has 2 rings (SSSR count). The Hall–Kier alpha value is -1.55. The average molecular weight is 319 g/mol. The zero-order chi connectivity index (χ0) is 16.5. The van der Waals surface area contributed by atoms with Gasteiger partial charge in [0.15, 0.2) is 0 Å². The molecule has 1 fully saturated rings. The van der Waals surface area contributed by atoms with Crippen molar-refractivity contribution in [3.8, 4) is 5.75 Å². The molecule has 0 radical (unpaired) electrons. The molecule has 0 bridgehead atoms. The monoisotopic (exact) mass is 319 g/mol. The van der Waals surface area contributed by atoms with Gasteiger partial charge in [0.25, 0.3) is 0 Å². The number of ether oxygens (including phenoxy) is 1. The summed E-state index contributed by atoms with van der Waals surface area (Å²) in [5.41, 5.74) is 1.35. The van der Waals surface area contributed by atoms with Gasteiger partial charge in [0.2, 0.25) is 0 Å². The van der Waals surface area contributed by atoms with Crippen molar-refractivity contribution in [2.24, 2.45) is 0 Å². The van der Waals surface area contributed by atoms with E-state index in [0.29, 0.717) is 13.0 Å². The Morgan fingerprint density at radius 1 is 1.17 bits per heavy atom. The first-order valence-corrected chi connectivity index (χ1v) is 8.91. The van der Waals surface area contributed by atoms with Crippen LogP contribution in [0, 0.1) is 0 Å². The Kier molecular flexibility index (Phi) is 7.40. The van der Waals surface area contributed by atoms with Crippen LogP contribution in [0.4, 0.5) is 0 Å². The molecule has 1 aromatic carbocycles. The molecule has 1 saturated heterocycles. The van der Waals surface area contributed by atoms with Crippen LogP contribution >= 0.6 is 0 Å². The molecule has 0 amide bonds. The first-order chi connectivity index (χ1) is 11.2. The quantitative estimate of drug-likeness (QED) is 0.644. The fourth-order valence-corrected chi connectivity index (χ4v) is 3.02. The minimum absolute atomic E-state index is 0.0551. The van der Waals surface area contributed by atoms with Crippen molar-refractivity contribution < 1.29 is 14.6 Å². The molecule has 23 heavy (non-hydrogen) atoms. The van der Waals surface area contributed by atoms with Crippen molar-refractivity contribution >= 4 is 5.97 Å².